The van der Waals surface area contributed by atoms with E-state index in [2.05, 4.69) is 5.16 Å². The summed E-state index contributed by atoms with van der Waals surface area (Å²) in [6, 6.07) is 1.70. The average molecular weight is 264 g/mol. The fourth-order valence-corrected chi connectivity index (χ4v) is 2.48. The summed E-state index contributed by atoms with van der Waals surface area (Å²) in [6.45, 7) is 0.855. The summed E-state index contributed by atoms with van der Waals surface area (Å²) in [7, 11) is 0. The molecule has 1 N–H and O–H groups in total. The second kappa shape index (κ2) is 4.68. The molecular weight excluding hydrogens is 248 g/mol. The number of piperidine rings is 1. The number of carbonyl (C=O) groups excluding carboxylic acids is 1. The van der Waals surface area contributed by atoms with Gasteiger partial charge in [-0.15, -0.1) is 0 Å². The second-order valence-corrected chi connectivity index (χ2v) is 5.32. The predicted molar refractivity (Wildman–Crippen MR) is 64.7 cm³/mol. The Morgan fingerprint density at radius 1 is 1.37 bits per heavy atom. The minimum atomic E-state index is -0.837. The molecule has 2 fully saturated rings. The van der Waals surface area contributed by atoms with Crippen LogP contribution in [-0.4, -0.2) is 40.1 Å². The first-order valence-electron chi connectivity index (χ1n) is 6.64. The van der Waals surface area contributed by atoms with Crippen molar-refractivity contribution in [1.82, 2.24) is 10.1 Å². The van der Waals surface area contributed by atoms with Gasteiger partial charge in [-0.25, -0.2) is 0 Å². The molecule has 0 unspecified atom stereocenters. The van der Waals surface area contributed by atoms with Gasteiger partial charge in [-0.3, -0.25) is 9.59 Å². The molecule has 3 rings (SSSR count). The maximum Gasteiger partial charge on any atom is 0.308 e. The number of amides is 1. The van der Waals surface area contributed by atoms with Crippen LogP contribution in [0.15, 0.2) is 10.6 Å². The highest BCUT2D eigenvalue weighted by Gasteiger charge is 2.32. The van der Waals surface area contributed by atoms with Crippen molar-refractivity contribution in [3.63, 3.8) is 0 Å². The van der Waals surface area contributed by atoms with Crippen LogP contribution in [0.5, 0.6) is 0 Å². The highest BCUT2D eigenvalue weighted by Crippen LogP contribution is 2.40. The third-order valence-electron chi connectivity index (χ3n) is 3.79. The summed E-state index contributed by atoms with van der Waals surface area (Å²) in [5.74, 6) is -0.331. The van der Waals surface area contributed by atoms with Crippen molar-refractivity contribution in [3.05, 3.63) is 17.5 Å². The Labute approximate surface area is 110 Å². The van der Waals surface area contributed by atoms with Crippen molar-refractivity contribution in [3.8, 4) is 0 Å². The number of aromatic nitrogens is 1. The van der Waals surface area contributed by atoms with E-state index in [4.69, 9.17) is 9.63 Å². The molecule has 1 saturated carbocycles. The van der Waals surface area contributed by atoms with Crippen molar-refractivity contribution >= 4 is 11.9 Å². The van der Waals surface area contributed by atoms with Crippen LogP contribution in [-0.2, 0) is 4.79 Å². The molecular formula is C13H16N2O4. The molecule has 1 atom stereocenters. The minimum absolute atomic E-state index is 0.221. The van der Waals surface area contributed by atoms with Gasteiger partial charge in [-0.1, -0.05) is 5.16 Å². The van der Waals surface area contributed by atoms with Gasteiger partial charge in [0.05, 0.1) is 5.92 Å². The quantitative estimate of drug-likeness (QED) is 0.894. The molecule has 19 heavy (non-hydrogen) atoms. The largest absolute Gasteiger partial charge is 0.481 e. The number of aliphatic carboxylic acids is 1. The molecule has 2 heterocycles. The van der Waals surface area contributed by atoms with Gasteiger partial charge in [0, 0.05) is 25.1 Å². The van der Waals surface area contributed by atoms with Crippen LogP contribution in [0, 0.1) is 5.92 Å². The number of hydrogen-bond donors (Lipinski definition) is 1. The Morgan fingerprint density at radius 3 is 2.84 bits per heavy atom. The number of nitrogens with zero attached hydrogens (tertiary/aromatic N) is 2. The van der Waals surface area contributed by atoms with Gasteiger partial charge >= 0.3 is 5.97 Å². The number of carbonyl (C=O) groups is 2. The smallest absolute Gasteiger partial charge is 0.308 e. The molecule has 0 radical (unpaired) electrons. The van der Waals surface area contributed by atoms with Crippen LogP contribution >= 0.6 is 0 Å². The van der Waals surface area contributed by atoms with Crippen molar-refractivity contribution in [1.29, 1.82) is 0 Å². The van der Waals surface area contributed by atoms with Crippen LogP contribution < -0.4 is 0 Å². The van der Waals surface area contributed by atoms with Gasteiger partial charge in [0.15, 0.2) is 5.69 Å². The fraction of sp³-hybridized carbons (Fsp3) is 0.615. The van der Waals surface area contributed by atoms with E-state index in [0.29, 0.717) is 24.6 Å². The minimum Gasteiger partial charge on any atom is -0.481 e. The highest BCUT2D eigenvalue weighted by molar-refractivity contribution is 5.92. The van der Waals surface area contributed by atoms with E-state index >= 15 is 0 Å². The van der Waals surface area contributed by atoms with Gasteiger partial charge in [-0.05, 0) is 25.7 Å². The molecule has 1 aliphatic heterocycles. The summed E-state index contributed by atoms with van der Waals surface area (Å²) in [5.41, 5.74) is 0.299. The van der Waals surface area contributed by atoms with Crippen molar-refractivity contribution < 1.29 is 19.2 Å². The average Bonchev–Trinajstić information content (AvgIpc) is 3.16. The maximum absolute atomic E-state index is 12.2. The lowest BCUT2D eigenvalue weighted by Crippen LogP contribution is -2.42. The Balaban J connectivity index is 1.69. The molecule has 0 spiro atoms. The number of likely N-dealkylation sites (tertiary alicyclic amines) is 1. The van der Waals surface area contributed by atoms with Crippen molar-refractivity contribution in [2.45, 2.75) is 31.6 Å². The van der Waals surface area contributed by atoms with E-state index in [0.717, 1.165) is 25.0 Å². The van der Waals surface area contributed by atoms with Crippen LogP contribution in [0.25, 0.3) is 0 Å². The van der Waals surface area contributed by atoms with Gasteiger partial charge in [0.2, 0.25) is 0 Å². The first kappa shape index (κ1) is 12.2. The molecule has 0 aromatic carbocycles. The molecule has 1 aromatic rings. The molecule has 2 aliphatic rings. The van der Waals surface area contributed by atoms with Gasteiger partial charge < -0.3 is 14.5 Å². The fourth-order valence-electron chi connectivity index (χ4n) is 2.48. The zero-order valence-corrected chi connectivity index (χ0v) is 10.5. The topological polar surface area (TPSA) is 83.6 Å². The van der Waals surface area contributed by atoms with E-state index in [1.165, 1.54) is 0 Å². The van der Waals surface area contributed by atoms with Gasteiger partial charge in [-0.2, -0.15) is 0 Å². The first-order chi connectivity index (χ1) is 9.15. The lowest BCUT2D eigenvalue weighted by molar-refractivity contribution is -0.143. The molecule has 6 nitrogen and oxygen atoms in total. The zero-order valence-electron chi connectivity index (χ0n) is 10.5. The van der Waals surface area contributed by atoms with Crippen LogP contribution in [0.1, 0.15) is 47.8 Å². The third kappa shape index (κ3) is 2.47. The standard InChI is InChI=1S/C13H16N2O4/c16-12(10-6-11(19-14-10)8-3-4-8)15-5-1-2-9(7-15)13(17)18/h6,8-9H,1-5,7H2,(H,17,18)/t9-/m0/s1. The van der Waals surface area contributed by atoms with E-state index < -0.39 is 11.9 Å². The van der Waals surface area contributed by atoms with Gasteiger partial charge in [0.1, 0.15) is 5.76 Å². The van der Waals surface area contributed by atoms with Crippen molar-refractivity contribution in [2.24, 2.45) is 5.92 Å². The maximum atomic E-state index is 12.2. The van der Waals surface area contributed by atoms with E-state index in [-0.39, 0.29) is 12.5 Å². The Kier molecular flexibility index (Phi) is 3.00. The molecule has 1 amide bonds. The zero-order chi connectivity index (χ0) is 13.4. The molecule has 0 bridgehead atoms. The Hall–Kier alpha value is -1.85. The van der Waals surface area contributed by atoms with Crippen LogP contribution in [0.4, 0.5) is 0 Å². The molecule has 1 aromatic heterocycles. The highest BCUT2D eigenvalue weighted by atomic mass is 16.5. The summed E-state index contributed by atoms with van der Waals surface area (Å²) in [6.07, 6.45) is 3.53. The van der Waals surface area contributed by atoms with E-state index in [1.54, 1.807) is 11.0 Å². The number of carboxylic acids is 1. The summed E-state index contributed by atoms with van der Waals surface area (Å²) >= 11 is 0. The summed E-state index contributed by atoms with van der Waals surface area (Å²) in [5, 5.41) is 12.8. The van der Waals surface area contributed by atoms with Gasteiger partial charge in [0.25, 0.3) is 5.91 Å². The first-order valence-corrected chi connectivity index (χ1v) is 6.64. The summed E-state index contributed by atoms with van der Waals surface area (Å²) < 4.78 is 5.16. The molecule has 1 aliphatic carbocycles. The van der Waals surface area contributed by atoms with Crippen LogP contribution in [0.2, 0.25) is 0 Å². The lowest BCUT2D eigenvalue weighted by atomic mass is 9.98. The molecule has 6 heteroatoms. The van der Waals surface area contributed by atoms with E-state index in [1.807, 2.05) is 0 Å². The number of carboxylic acid groups (broad SMARTS) is 1. The van der Waals surface area contributed by atoms with Crippen LogP contribution in [0.3, 0.4) is 0 Å². The predicted octanol–water partition coefficient (Wildman–Crippen LogP) is 1.49. The normalized spacial score (nSPS) is 23.4. The Bertz CT molecular complexity index is 506. The second-order valence-electron chi connectivity index (χ2n) is 5.32. The third-order valence-corrected chi connectivity index (χ3v) is 3.79. The Morgan fingerprint density at radius 2 is 2.16 bits per heavy atom. The number of hydrogen-bond acceptors (Lipinski definition) is 4. The van der Waals surface area contributed by atoms with E-state index in [9.17, 15) is 9.59 Å². The van der Waals surface area contributed by atoms with Crippen molar-refractivity contribution in [2.75, 3.05) is 13.1 Å². The SMILES string of the molecule is O=C(O)[C@H]1CCCN(C(=O)c2cc(C3CC3)on2)C1. The summed E-state index contributed by atoms with van der Waals surface area (Å²) in [4.78, 5) is 24.8. The molecule has 102 valence electrons. The monoisotopic (exact) mass is 264 g/mol. The number of rotatable bonds is 3. The lowest BCUT2D eigenvalue weighted by Gasteiger charge is -2.29. The molecule has 1 saturated heterocycles.